The summed E-state index contributed by atoms with van der Waals surface area (Å²) in [5.41, 5.74) is 0. The molecule has 4 N–H and O–H groups in total. The van der Waals surface area contributed by atoms with E-state index in [2.05, 4.69) is 0 Å². The van der Waals surface area contributed by atoms with Gasteiger partial charge in [-0.3, -0.25) is 18.9 Å². The SMILES string of the molecule is C[C@H]1CN(CP(=O)(O)O)CCN1CP(=O)(O)O. The van der Waals surface area contributed by atoms with E-state index in [4.69, 9.17) is 19.6 Å². The molecule has 1 atom stereocenters. The topological polar surface area (TPSA) is 122 Å². The van der Waals surface area contributed by atoms with Crippen LogP contribution >= 0.6 is 15.2 Å². The Kier molecular flexibility index (Phi) is 4.91. The smallest absolute Gasteiger partial charge is 0.324 e. The molecule has 1 saturated heterocycles. The minimum atomic E-state index is -4.08. The molecule has 0 spiro atoms. The first kappa shape index (κ1) is 15.3. The van der Waals surface area contributed by atoms with Crippen LogP contribution in [-0.2, 0) is 9.13 Å². The summed E-state index contributed by atoms with van der Waals surface area (Å²) in [6.07, 6.45) is -0.612. The Morgan fingerprint density at radius 2 is 1.59 bits per heavy atom. The van der Waals surface area contributed by atoms with Gasteiger partial charge >= 0.3 is 15.2 Å². The molecule has 0 aromatic heterocycles. The van der Waals surface area contributed by atoms with Crippen molar-refractivity contribution in [2.45, 2.75) is 13.0 Å². The Labute approximate surface area is 99.5 Å². The monoisotopic (exact) mass is 288 g/mol. The maximum absolute atomic E-state index is 10.9. The van der Waals surface area contributed by atoms with E-state index in [-0.39, 0.29) is 18.6 Å². The molecule has 0 bridgehead atoms. The normalized spacial score (nSPS) is 25.1. The van der Waals surface area contributed by atoms with E-state index in [1.54, 1.807) is 16.7 Å². The molecular weight excluding hydrogens is 270 g/mol. The molecule has 17 heavy (non-hydrogen) atoms. The first-order valence-corrected chi connectivity index (χ1v) is 8.72. The summed E-state index contributed by atoms with van der Waals surface area (Å²) in [6.45, 7) is 2.97. The van der Waals surface area contributed by atoms with E-state index in [9.17, 15) is 9.13 Å². The molecule has 0 saturated carbocycles. The fourth-order valence-electron chi connectivity index (χ4n) is 1.91. The number of hydrogen-bond donors (Lipinski definition) is 4. The largest absolute Gasteiger partial charge is 0.339 e. The second kappa shape index (κ2) is 5.47. The van der Waals surface area contributed by atoms with Crippen molar-refractivity contribution in [2.24, 2.45) is 0 Å². The molecular formula is C7H18N2O6P2. The predicted molar refractivity (Wildman–Crippen MR) is 61.6 cm³/mol. The molecule has 1 aliphatic heterocycles. The van der Waals surface area contributed by atoms with Gasteiger partial charge in [0.15, 0.2) is 0 Å². The summed E-state index contributed by atoms with van der Waals surface area (Å²) in [4.78, 5) is 38.7. The summed E-state index contributed by atoms with van der Waals surface area (Å²) in [7, 11) is -8.15. The third-order valence-corrected chi connectivity index (χ3v) is 4.10. The molecule has 1 heterocycles. The second-order valence-corrected chi connectivity index (χ2v) is 7.58. The number of rotatable bonds is 4. The highest BCUT2D eigenvalue weighted by molar-refractivity contribution is 7.51. The van der Waals surface area contributed by atoms with Gasteiger partial charge in [-0.15, -0.1) is 0 Å². The van der Waals surface area contributed by atoms with Gasteiger partial charge in [-0.25, -0.2) is 0 Å². The van der Waals surface area contributed by atoms with Crippen LogP contribution < -0.4 is 0 Å². The van der Waals surface area contributed by atoms with Crippen LogP contribution in [0.5, 0.6) is 0 Å². The minimum absolute atomic E-state index is 0.136. The Morgan fingerprint density at radius 3 is 2.00 bits per heavy atom. The standard InChI is InChI=1S/C7H18N2O6P2/c1-7-4-8(5-16(10,11)12)2-3-9(7)6-17(13,14)15/h7H,2-6H2,1H3,(H2,10,11,12)(H2,13,14,15)/t7-/m0/s1. The average molecular weight is 288 g/mol. The lowest BCUT2D eigenvalue weighted by atomic mass is 10.2. The van der Waals surface area contributed by atoms with Crippen LogP contribution in [-0.4, -0.2) is 67.6 Å². The molecule has 1 aliphatic rings. The molecule has 0 amide bonds. The first-order chi connectivity index (χ1) is 7.57. The molecule has 0 unspecified atom stereocenters. The average Bonchev–Trinajstić information content (AvgIpc) is 2.05. The number of piperazine rings is 1. The minimum Gasteiger partial charge on any atom is -0.324 e. The van der Waals surface area contributed by atoms with E-state index >= 15 is 0 Å². The van der Waals surface area contributed by atoms with Crippen LogP contribution in [0.4, 0.5) is 0 Å². The molecule has 1 fully saturated rings. The lowest BCUT2D eigenvalue weighted by Crippen LogP contribution is -2.51. The van der Waals surface area contributed by atoms with E-state index < -0.39 is 15.2 Å². The van der Waals surface area contributed by atoms with E-state index in [1.807, 2.05) is 0 Å². The third-order valence-electron chi connectivity index (χ3n) is 2.60. The highest BCUT2D eigenvalue weighted by atomic mass is 31.2. The van der Waals surface area contributed by atoms with E-state index in [0.717, 1.165) is 0 Å². The van der Waals surface area contributed by atoms with Crippen molar-refractivity contribution in [3.05, 3.63) is 0 Å². The summed E-state index contributed by atoms with van der Waals surface area (Å²) in [5.74, 6) is 0. The molecule has 1 rings (SSSR count). The molecule has 0 aliphatic carbocycles. The summed E-state index contributed by atoms with van der Waals surface area (Å²) >= 11 is 0. The maximum Gasteiger partial charge on any atom is 0.339 e. The van der Waals surface area contributed by atoms with Crippen molar-refractivity contribution in [2.75, 3.05) is 32.2 Å². The molecule has 0 radical (unpaired) electrons. The molecule has 10 heteroatoms. The highest BCUT2D eigenvalue weighted by Gasteiger charge is 2.30. The zero-order valence-corrected chi connectivity index (χ0v) is 11.3. The van der Waals surface area contributed by atoms with Crippen molar-refractivity contribution in [1.29, 1.82) is 0 Å². The number of hydrogen-bond acceptors (Lipinski definition) is 4. The number of nitrogens with zero attached hydrogens (tertiary/aromatic N) is 2. The van der Waals surface area contributed by atoms with Crippen LogP contribution in [0.2, 0.25) is 0 Å². The van der Waals surface area contributed by atoms with Crippen molar-refractivity contribution in [3.63, 3.8) is 0 Å². The van der Waals surface area contributed by atoms with Gasteiger partial charge in [0.25, 0.3) is 0 Å². The van der Waals surface area contributed by atoms with Gasteiger partial charge in [0, 0.05) is 25.7 Å². The van der Waals surface area contributed by atoms with Gasteiger partial charge in [0.05, 0.1) is 0 Å². The van der Waals surface area contributed by atoms with Gasteiger partial charge in [0.1, 0.15) is 12.6 Å². The molecule has 8 nitrogen and oxygen atoms in total. The van der Waals surface area contributed by atoms with Crippen molar-refractivity contribution in [3.8, 4) is 0 Å². The van der Waals surface area contributed by atoms with Crippen molar-refractivity contribution >= 4 is 15.2 Å². The van der Waals surface area contributed by atoms with Gasteiger partial charge in [-0.1, -0.05) is 0 Å². The lowest BCUT2D eigenvalue weighted by Gasteiger charge is -2.39. The second-order valence-electron chi connectivity index (χ2n) is 4.35. The summed E-state index contributed by atoms with van der Waals surface area (Å²) in [5, 5.41) is 0. The fraction of sp³-hybridized carbons (Fsp3) is 1.00. The van der Waals surface area contributed by atoms with Gasteiger partial charge in [-0.2, -0.15) is 0 Å². The van der Waals surface area contributed by atoms with Crippen molar-refractivity contribution in [1.82, 2.24) is 9.80 Å². The zero-order valence-electron chi connectivity index (χ0n) is 9.51. The lowest BCUT2D eigenvalue weighted by molar-refractivity contribution is 0.101. The van der Waals surface area contributed by atoms with Gasteiger partial charge in [0.2, 0.25) is 0 Å². The quantitative estimate of drug-likeness (QED) is 0.499. The Hall–Kier alpha value is 0.220. The van der Waals surface area contributed by atoms with Crippen LogP contribution in [0.25, 0.3) is 0 Å². The van der Waals surface area contributed by atoms with E-state index in [0.29, 0.717) is 19.6 Å². The third kappa shape index (κ3) is 6.08. The van der Waals surface area contributed by atoms with Crippen LogP contribution in [0.1, 0.15) is 6.92 Å². The van der Waals surface area contributed by atoms with E-state index in [1.165, 1.54) is 0 Å². The zero-order chi connectivity index (χ0) is 13.3. The summed E-state index contributed by atoms with van der Waals surface area (Å²) < 4.78 is 21.7. The summed E-state index contributed by atoms with van der Waals surface area (Å²) in [6, 6.07) is -0.136. The molecule has 0 aromatic rings. The molecule has 102 valence electrons. The van der Waals surface area contributed by atoms with Crippen LogP contribution in [0.3, 0.4) is 0 Å². The van der Waals surface area contributed by atoms with Gasteiger partial charge in [-0.05, 0) is 6.92 Å². The van der Waals surface area contributed by atoms with Gasteiger partial charge < -0.3 is 19.6 Å². The maximum atomic E-state index is 10.9. The Morgan fingerprint density at radius 1 is 1.06 bits per heavy atom. The highest BCUT2D eigenvalue weighted by Crippen LogP contribution is 2.38. The molecule has 0 aromatic carbocycles. The first-order valence-electron chi connectivity index (χ1n) is 5.12. The van der Waals surface area contributed by atoms with Crippen LogP contribution in [0, 0.1) is 0 Å². The van der Waals surface area contributed by atoms with Crippen molar-refractivity contribution < 1.29 is 28.7 Å². The van der Waals surface area contributed by atoms with Crippen LogP contribution in [0.15, 0.2) is 0 Å². The Balaban J connectivity index is 2.50. The fourth-order valence-corrected chi connectivity index (χ4v) is 3.58. The Bertz CT molecular complexity index is 352. The predicted octanol–water partition coefficient (Wildman–Crippen LogP) is -0.737.